The van der Waals surface area contributed by atoms with Gasteiger partial charge in [0.2, 0.25) is 0 Å². The van der Waals surface area contributed by atoms with Gasteiger partial charge >= 0.3 is 0 Å². The molecule has 0 saturated heterocycles. The molecule has 0 bridgehead atoms. The van der Waals surface area contributed by atoms with Crippen LogP contribution in [0.15, 0.2) is 24.3 Å². The number of nitrogens with one attached hydrogen (secondary N) is 1. The Labute approximate surface area is 149 Å². The zero-order valence-electron chi connectivity index (χ0n) is 15.4. The number of benzene rings is 1. The first kappa shape index (κ1) is 17.7. The number of fused-ring (bicyclic) bond motifs is 1. The highest BCUT2D eigenvalue weighted by molar-refractivity contribution is 5.94. The van der Waals surface area contributed by atoms with Crippen molar-refractivity contribution in [2.45, 2.75) is 52.5 Å². The Morgan fingerprint density at radius 1 is 1.28 bits per heavy atom. The molecule has 3 rings (SSSR count). The van der Waals surface area contributed by atoms with E-state index in [2.05, 4.69) is 55.5 Å². The second-order valence-electron chi connectivity index (χ2n) is 7.41. The molecule has 1 heterocycles. The van der Waals surface area contributed by atoms with Gasteiger partial charge in [-0.2, -0.15) is 5.10 Å². The molecule has 1 aromatic carbocycles. The summed E-state index contributed by atoms with van der Waals surface area (Å²) in [5.41, 5.74) is 10.9. The number of nitrogens with two attached hydrogens (primary N) is 1. The van der Waals surface area contributed by atoms with Crippen molar-refractivity contribution in [1.82, 2.24) is 15.1 Å². The zero-order chi connectivity index (χ0) is 18.0. The number of carbonyl (C=O) groups excluding carboxylic acids is 1. The van der Waals surface area contributed by atoms with Gasteiger partial charge in [0.15, 0.2) is 5.69 Å². The summed E-state index contributed by atoms with van der Waals surface area (Å²) in [5, 5.41) is 7.74. The normalized spacial score (nSPS) is 14.6. The van der Waals surface area contributed by atoms with Crippen LogP contribution in [0.2, 0.25) is 0 Å². The van der Waals surface area contributed by atoms with Gasteiger partial charge in [-0.05, 0) is 50.7 Å². The van der Waals surface area contributed by atoms with Gasteiger partial charge in [-0.15, -0.1) is 0 Å². The second kappa shape index (κ2) is 7.40. The summed E-state index contributed by atoms with van der Waals surface area (Å²) in [5.74, 6) is 0.393. The minimum atomic E-state index is -0.0971. The summed E-state index contributed by atoms with van der Waals surface area (Å²) in [6, 6.07) is 8.26. The van der Waals surface area contributed by atoms with Crippen molar-refractivity contribution < 1.29 is 4.79 Å². The molecule has 134 valence electrons. The summed E-state index contributed by atoms with van der Waals surface area (Å²) in [7, 11) is 0. The van der Waals surface area contributed by atoms with Gasteiger partial charge in [-0.1, -0.05) is 31.5 Å². The lowest BCUT2D eigenvalue weighted by molar-refractivity contribution is 0.0927. The van der Waals surface area contributed by atoms with Crippen LogP contribution in [0, 0.1) is 12.8 Å². The van der Waals surface area contributed by atoms with E-state index in [0.29, 0.717) is 18.2 Å². The van der Waals surface area contributed by atoms with E-state index in [1.807, 2.05) is 4.68 Å². The fourth-order valence-corrected chi connectivity index (χ4v) is 3.56. The van der Waals surface area contributed by atoms with Crippen molar-refractivity contribution >= 4 is 5.91 Å². The monoisotopic (exact) mass is 340 g/mol. The van der Waals surface area contributed by atoms with Gasteiger partial charge in [-0.3, -0.25) is 4.79 Å². The summed E-state index contributed by atoms with van der Waals surface area (Å²) in [4.78, 5) is 12.8. The number of aromatic nitrogens is 2. The molecule has 1 aromatic heterocycles. The van der Waals surface area contributed by atoms with Crippen LogP contribution >= 0.6 is 0 Å². The van der Waals surface area contributed by atoms with E-state index >= 15 is 0 Å². The van der Waals surface area contributed by atoms with Crippen molar-refractivity contribution in [3.05, 3.63) is 46.8 Å². The highest BCUT2D eigenvalue weighted by Gasteiger charge is 2.27. The number of nitrogens with zero attached hydrogens (tertiary/aromatic N) is 2. The second-order valence-corrected chi connectivity index (χ2v) is 7.41. The average molecular weight is 340 g/mol. The van der Waals surface area contributed by atoms with Crippen LogP contribution in [-0.2, 0) is 12.8 Å². The topological polar surface area (TPSA) is 72.9 Å². The van der Waals surface area contributed by atoms with Gasteiger partial charge in [0, 0.05) is 23.8 Å². The van der Waals surface area contributed by atoms with Crippen LogP contribution in [0.4, 0.5) is 0 Å². The first-order valence-electron chi connectivity index (χ1n) is 9.18. The molecule has 0 radical (unpaired) electrons. The lowest BCUT2D eigenvalue weighted by Crippen LogP contribution is -2.41. The highest BCUT2D eigenvalue weighted by Crippen LogP contribution is 2.28. The van der Waals surface area contributed by atoms with E-state index in [4.69, 9.17) is 5.73 Å². The van der Waals surface area contributed by atoms with E-state index < -0.39 is 0 Å². The van der Waals surface area contributed by atoms with Crippen LogP contribution in [0.5, 0.6) is 0 Å². The van der Waals surface area contributed by atoms with Gasteiger partial charge < -0.3 is 11.1 Å². The standard InChI is InChI=1S/C20H28N4O/c1-13(2)11-15(12-21)22-20(25)19-17-5-4-6-18(17)24(23-19)16-9-7-14(3)8-10-16/h7-10,13,15H,4-6,11-12,21H2,1-3H3,(H,22,25). The molecule has 5 heteroatoms. The van der Waals surface area contributed by atoms with Gasteiger partial charge in [0.25, 0.3) is 5.91 Å². The molecule has 2 aromatic rings. The minimum Gasteiger partial charge on any atom is -0.347 e. The number of rotatable bonds is 6. The molecule has 5 nitrogen and oxygen atoms in total. The van der Waals surface area contributed by atoms with Crippen molar-refractivity contribution in [3.63, 3.8) is 0 Å². The van der Waals surface area contributed by atoms with Crippen LogP contribution < -0.4 is 11.1 Å². The lowest BCUT2D eigenvalue weighted by atomic mass is 10.0. The van der Waals surface area contributed by atoms with Gasteiger partial charge in [0.05, 0.1) is 5.69 Å². The van der Waals surface area contributed by atoms with Crippen molar-refractivity contribution in [3.8, 4) is 5.69 Å². The number of carbonyl (C=O) groups is 1. The Balaban J connectivity index is 1.88. The largest absolute Gasteiger partial charge is 0.347 e. The Morgan fingerprint density at radius 2 is 2.00 bits per heavy atom. The summed E-state index contributed by atoms with van der Waals surface area (Å²) in [6.07, 6.45) is 3.84. The van der Waals surface area contributed by atoms with Crippen LogP contribution in [0.1, 0.15) is 54.0 Å². The molecular weight excluding hydrogens is 312 g/mol. The van der Waals surface area contributed by atoms with Crippen LogP contribution in [0.3, 0.4) is 0 Å². The summed E-state index contributed by atoms with van der Waals surface area (Å²) >= 11 is 0. The Kier molecular flexibility index (Phi) is 5.23. The van der Waals surface area contributed by atoms with Crippen molar-refractivity contribution in [2.24, 2.45) is 11.7 Å². The van der Waals surface area contributed by atoms with E-state index in [9.17, 15) is 4.79 Å². The maximum Gasteiger partial charge on any atom is 0.272 e. The van der Waals surface area contributed by atoms with E-state index in [0.717, 1.165) is 36.9 Å². The third kappa shape index (κ3) is 3.76. The zero-order valence-corrected chi connectivity index (χ0v) is 15.4. The minimum absolute atomic E-state index is 0.00548. The SMILES string of the molecule is Cc1ccc(-n2nc(C(=O)NC(CN)CC(C)C)c3c2CCC3)cc1. The number of hydrogen-bond donors (Lipinski definition) is 2. The predicted molar refractivity (Wildman–Crippen MR) is 100 cm³/mol. The fraction of sp³-hybridized carbons (Fsp3) is 0.500. The van der Waals surface area contributed by atoms with E-state index in [-0.39, 0.29) is 11.9 Å². The predicted octanol–water partition coefficient (Wildman–Crippen LogP) is 2.77. The van der Waals surface area contributed by atoms with Crippen molar-refractivity contribution in [2.75, 3.05) is 6.54 Å². The number of amides is 1. The molecule has 3 N–H and O–H groups in total. The molecule has 0 saturated carbocycles. The van der Waals surface area contributed by atoms with Crippen molar-refractivity contribution in [1.29, 1.82) is 0 Å². The average Bonchev–Trinajstić information content (AvgIpc) is 3.17. The van der Waals surface area contributed by atoms with Gasteiger partial charge in [-0.25, -0.2) is 4.68 Å². The highest BCUT2D eigenvalue weighted by atomic mass is 16.2. The Bertz CT molecular complexity index is 746. The van der Waals surface area contributed by atoms with E-state index in [1.54, 1.807) is 0 Å². The molecular formula is C20H28N4O. The molecule has 0 spiro atoms. The molecule has 1 aliphatic carbocycles. The summed E-state index contributed by atoms with van der Waals surface area (Å²) in [6.45, 7) is 6.79. The lowest BCUT2D eigenvalue weighted by Gasteiger charge is -2.18. The molecule has 0 aliphatic heterocycles. The fourth-order valence-electron chi connectivity index (χ4n) is 3.56. The van der Waals surface area contributed by atoms with Gasteiger partial charge in [0.1, 0.15) is 0 Å². The number of hydrogen-bond acceptors (Lipinski definition) is 3. The number of aryl methyl sites for hydroxylation is 1. The first-order valence-corrected chi connectivity index (χ1v) is 9.18. The smallest absolute Gasteiger partial charge is 0.272 e. The summed E-state index contributed by atoms with van der Waals surface area (Å²) < 4.78 is 1.94. The molecule has 0 fully saturated rings. The maximum absolute atomic E-state index is 12.8. The molecule has 1 unspecified atom stereocenters. The quantitative estimate of drug-likeness (QED) is 0.849. The first-order chi connectivity index (χ1) is 12.0. The third-order valence-corrected chi connectivity index (χ3v) is 4.80. The Morgan fingerprint density at radius 3 is 2.64 bits per heavy atom. The third-order valence-electron chi connectivity index (χ3n) is 4.80. The molecule has 25 heavy (non-hydrogen) atoms. The molecule has 1 atom stereocenters. The van der Waals surface area contributed by atoms with E-state index in [1.165, 1.54) is 11.3 Å². The maximum atomic E-state index is 12.8. The van der Waals surface area contributed by atoms with Crippen LogP contribution in [-0.4, -0.2) is 28.3 Å². The molecule has 1 aliphatic rings. The van der Waals surface area contributed by atoms with Crippen LogP contribution in [0.25, 0.3) is 5.69 Å². The Hall–Kier alpha value is -2.14. The molecule has 1 amide bonds.